The Hall–Kier alpha value is -3.38. The Bertz CT molecular complexity index is 1310. The summed E-state index contributed by atoms with van der Waals surface area (Å²) in [5.41, 5.74) is 3.17. The normalized spacial score (nSPS) is 21.7. The average molecular weight is 497 g/mol. The van der Waals surface area contributed by atoms with E-state index in [0.717, 1.165) is 81.7 Å². The summed E-state index contributed by atoms with van der Waals surface area (Å²) < 4.78 is 2.00. The Labute approximate surface area is 219 Å². The number of piperazine rings is 1. The molecule has 0 unspecified atom stereocenters. The molecule has 192 valence electrons. The molecule has 3 heterocycles. The lowest BCUT2D eigenvalue weighted by molar-refractivity contribution is -0.135. The minimum absolute atomic E-state index is 0.106. The van der Waals surface area contributed by atoms with E-state index in [-0.39, 0.29) is 17.2 Å². The van der Waals surface area contributed by atoms with Crippen molar-refractivity contribution in [3.8, 4) is 0 Å². The summed E-state index contributed by atoms with van der Waals surface area (Å²) in [5, 5.41) is 1.10. The minimum Gasteiger partial charge on any atom is -0.340 e. The second-order valence-electron chi connectivity index (χ2n) is 11.0. The quantitative estimate of drug-likeness (QED) is 0.530. The van der Waals surface area contributed by atoms with E-state index < -0.39 is 0 Å². The molecule has 0 radical (unpaired) electrons. The van der Waals surface area contributed by atoms with Crippen molar-refractivity contribution in [2.45, 2.75) is 19.3 Å². The second-order valence-corrected chi connectivity index (χ2v) is 11.0. The molecule has 37 heavy (non-hydrogen) atoms. The summed E-state index contributed by atoms with van der Waals surface area (Å²) in [6, 6.07) is 20.5. The first-order chi connectivity index (χ1) is 18.0. The van der Waals surface area contributed by atoms with E-state index in [2.05, 4.69) is 58.4 Å². The number of fused-ring (bicyclic) bond motifs is 1. The molecule has 2 aromatic carbocycles. The van der Waals surface area contributed by atoms with Crippen LogP contribution in [0.4, 0.5) is 0 Å². The zero-order chi connectivity index (χ0) is 25.4. The van der Waals surface area contributed by atoms with Crippen molar-refractivity contribution in [2.24, 2.45) is 18.4 Å². The molecule has 3 aromatic rings. The number of likely N-dealkylation sites (tertiary alicyclic amines) is 1. The summed E-state index contributed by atoms with van der Waals surface area (Å²) in [6.07, 6.45) is 7.24. The lowest BCUT2D eigenvalue weighted by Gasteiger charge is -2.36. The Morgan fingerprint density at radius 1 is 0.892 bits per heavy atom. The van der Waals surface area contributed by atoms with Gasteiger partial charge < -0.3 is 14.4 Å². The molecule has 1 spiro atoms. The van der Waals surface area contributed by atoms with Gasteiger partial charge in [-0.25, -0.2) is 0 Å². The Balaban J connectivity index is 0.984. The van der Waals surface area contributed by atoms with Crippen LogP contribution in [0, 0.1) is 11.3 Å². The van der Waals surface area contributed by atoms with E-state index in [9.17, 15) is 9.59 Å². The second kappa shape index (κ2) is 9.82. The number of benzene rings is 2. The lowest BCUT2D eigenvalue weighted by atomic mass is 9.90. The van der Waals surface area contributed by atoms with Gasteiger partial charge in [0.15, 0.2) is 0 Å². The molecule has 1 saturated carbocycles. The monoisotopic (exact) mass is 496 g/mol. The van der Waals surface area contributed by atoms with Crippen LogP contribution in [0.3, 0.4) is 0 Å². The summed E-state index contributed by atoms with van der Waals surface area (Å²) >= 11 is 0. The van der Waals surface area contributed by atoms with Gasteiger partial charge in [0.25, 0.3) is 5.91 Å². The molecule has 1 atom stereocenters. The first kappa shape index (κ1) is 24.0. The molecule has 3 aliphatic rings. The topological polar surface area (TPSA) is 48.8 Å². The Kier molecular flexibility index (Phi) is 6.37. The highest BCUT2D eigenvalue weighted by Crippen LogP contribution is 2.60. The molecule has 2 saturated heterocycles. The van der Waals surface area contributed by atoms with Crippen molar-refractivity contribution < 1.29 is 9.59 Å². The smallest absolute Gasteiger partial charge is 0.270 e. The van der Waals surface area contributed by atoms with Crippen LogP contribution in [-0.4, -0.2) is 76.9 Å². The van der Waals surface area contributed by atoms with Gasteiger partial charge in [0.2, 0.25) is 5.91 Å². The number of carbonyl (C=O) groups excluding carboxylic acids is 2. The first-order valence-corrected chi connectivity index (χ1v) is 13.6. The number of amides is 2. The largest absolute Gasteiger partial charge is 0.340 e. The molecular formula is C31H36N4O2. The SMILES string of the molecule is Cn1c(C(=O)N2CCC3(CC2)C[C@@H]3C(=O)N2CCN(C/C=C/c3ccccc3)CC2)cc2ccccc21. The maximum atomic E-state index is 13.3. The highest BCUT2D eigenvalue weighted by molar-refractivity contribution is 5.98. The maximum Gasteiger partial charge on any atom is 0.270 e. The zero-order valence-electron chi connectivity index (χ0n) is 21.7. The van der Waals surface area contributed by atoms with Crippen LogP contribution in [0.1, 0.15) is 35.3 Å². The fourth-order valence-corrected chi connectivity index (χ4v) is 6.33. The number of hydrogen-bond donors (Lipinski definition) is 0. The molecule has 6 nitrogen and oxygen atoms in total. The maximum absolute atomic E-state index is 13.3. The fourth-order valence-electron chi connectivity index (χ4n) is 6.33. The van der Waals surface area contributed by atoms with Gasteiger partial charge in [-0.3, -0.25) is 14.5 Å². The molecule has 2 amide bonds. The van der Waals surface area contributed by atoms with Crippen molar-refractivity contribution in [3.05, 3.63) is 78.0 Å². The standard InChI is InChI=1S/C31H36N4O2/c1-32-27-12-6-5-11-25(27)22-28(32)30(37)34-16-13-31(14-17-34)23-26(31)29(36)35-20-18-33(19-21-35)15-7-10-24-8-3-2-4-9-24/h2-12,22,26H,13-21,23H2,1H3/b10-7+/t26-/m1/s1. The molecular weight excluding hydrogens is 460 g/mol. The van der Waals surface area contributed by atoms with Gasteiger partial charge in [-0.1, -0.05) is 60.7 Å². The predicted octanol–water partition coefficient (Wildman–Crippen LogP) is 4.28. The van der Waals surface area contributed by atoms with E-state index in [4.69, 9.17) is 0 Å². The van der Waals surface area contributed by atoms with E-state index >= 15 is 0 Å². The van der Waals surface area contributed by atoms with Crippen LogP contribution in [-0.2, 0) is 11.8 Å². The van der Waals surface area contributed by atoms with Crippen molar-refractivity contribution >= 4 is 28.8 Å². The first-order valence-electron chi connectivity index (χ1n) is 13.6. The highest BCUT2D eigenvalue weighted by atomic mass is 16.2. The third-order valence-corrected chi connectivity index (χ3v) is 8.86. The van der Waals surface area contributed by atoms with Crippen LogP contribution in [0.15, 0.2) is 66.7 Å². The number of nitrogens with zero attached hydrogens (tertiary/aromatic N) is 4. The summed E-state index contributed by atoms with van der Waals surface area (Å²) in [5.74, 6) is 0.592. The molecule has 2 aliphatic heterocycles. The van der Waals surface area contributed by atoms with Gasteiger partial charge in [0.1, 0.15) is 5.69 Å². The Morgan fingerprint density at radius 2 is 1.59 bits per heavy atom. The van der Waals surface area contributed by atoms with Crippen molar-refractivity contribution in [2.75, 3.05) is 45.8 Å². The summed E-state index contributed by atoms with van der Waals surface area (Å²) in [7, 11) is 1.97. The number of carbonyl (C=O) groups is 2. The van der Waals surface area contributed by atoms with Crippen molar-refractivity contribution in [1.82, 2.24) is 19.3 Å². The minimum atomic E-state index is 0.106. The predicted molar refractivity (Wildman–Crippen MR) is 147 cm³/mol. The number of para-hydroxylation sites is 1. The zero-order valence-corrected chi connectivity index (χ0v) is 21.7. The lowest BCUT2D eigenvalue weighted by Crippen LogP contribution is -2.49. The molecule has 1 aliphatic carbocycles. The van der Waals surface area contributed by atoms with Crippen LogP contribution >= 0.6 is 0 Å². The third-order valence-electron chi connectivity index (χ3n) is 8.86. The average Bonchev–Trinajstić information content (AvgIpc) is 3.53. The number of rotatable bonds is 5. The van der Waals surface area contributed by atoms with E-state index in [1.54, 1.807) is 0 Å². The molecule has 3 fully saturated rings. The summed E-state index contributed by atoms with van der Waals surface area (Å²) in [6.45, 7) is 5.89. The third kappa shape index (κ3) is 4.71. The van der Waals surface area contributed by atoms with Crippen LogP contribution in [0.25, 0.3) is 17.0 Å². The molecule has 0 bridgehead atoms. The van der Waals surface area contributed by atoms with E-state index in [1.807, 2.05) is 40.8 Å². The van der Waals surface area contributed by atoms with Gasteiger partial charge in [0, 0.05) is 69.7 Å². The number of aryl methyl sites for hydroxylation is 1. The summed E-state index contributed by atoms with van der Waals surface area (Å²) in [4.78, 5) is 33.1. The number of piperidine rings is 1. The van der Waals surface area contributed by atoms with Crippen LogP contribution < -0.4 is 0 Å². The fraction of sp³-hybridized carbons (Fsp3) is 0.419. The van der Waals surface area contributed by atoms with E-state index in [1.165, 1.54) is 5.56 Å². The molecule has 6 rings (SSSR count). The Morgan fingerprint density at radius 3 is 2.32 bits per heavy atom. The molecule has 0 N–H and O–H groups in total. The van der Waals surface area contributed by atoms with Crippen LogP contribution in [0.2, 0.25) is 0 Å². The molecule has 6 heteroatoms. The van der Waals surface area contributed by atoms with Gasteiger partial charge in [-0.2, -0.15) is 0 Å². The van der Waals surface area contributed by atoms with E-state index in [0.29, 0.717) is 5.91 Å². The number of aromatic nitrogens is 1. The van der Waals surface area contributed by atoms with Crippen LogP contribution in [0.5, 0.6) is 0 Å². The van der Waals surface area contributed by atoms with Crippen molar-refractivity contribution in [3.63, 3.8) is 0 Å². The molecule has 1 aromatic heterocycles. The van der Waals surface area contributed by atoms with Gasteiger partial charge >= 0.3 is 0 Å². The van der Waals surface area contributed by atoms with Gasteiger partial charge in [-0.05, 0) is 42.4 Å². The van der Waals surface area contributed by atoms with Crippen molar-refractivity contribution in [1.29, 1.82) is 0 Å². The highest BCUT2D eigenvalue weighted by Gasteiger charge is 2.59. The number of hydrogen-bond acceptors (Lipinski definition) is 3. The van der Waals surface area contributed by atoms with Gasteiger partial charge in [-0.15, -0.1) is 0 Å². The van der Waals surface area contributed by atoms with Gasteiger partial charge in [0.05, 0.1) is 0 Å².